The van der Waals surface area contributed by atoms with E-state index in [1.54, 1.807) is 0 Å². The summed E-state index contributed by atoms with van der Waals surface area (Å²) in [7, 11) is -2.85. The van der Waals surface area contributed by atoms with Crippen LogP contribution in [0.5, 0.6) is 0 Å². The predicted molar refractivity (Wildman–Crippen MR) is 55.9 cm³/mol. The third-order valence-corrected chi connectivity index (χ3v) is 4.65. The van der Waals surface area contributed by atoms with Gasteiger partial charge in [-0.2, -0.15) is 0 Å². The van der Waals surface area contributed by atoms with Crippen LogP contribution in [-0.4, -0.2) is 33.3 Å². The first-order valence-electron chi connectivity index (χ1n) is 3.97. The number of pyridine rings is 1. The Morgan fingerprint density at radius 1 is 1.19 bits per heavy atom. The highest BCUT2D eigenvalue weighted by atomic mass is 35.7. The number of sulfone groups is 1. The first kappa shape index (κ1) is 13.3. The number of nitrogens with zero attached hydrogens (tertiary/aromatic N) is 1. The summed E-state index contributed by atoms with van der Waals surface area (Å²) in [4.78, 5) is 3.35. The number of hydrogen-bond donors (Lipinski definition) is 0. The molecule has 0 aliphatic carbocycles. The van der Waals surface area contributed by atoms with Crippen molar-refractivity contribution in [1.29, 1.82) is 0 Å². The summed E-state index contributed by atoms with van der Waals surface area (Å²) in [5.41, 5.74) is 0. The molecule has 0 amide bonds. The molecule has 90 valence electrons. The highest BCUT2D eigenvalue weighted by Crippen LogP contribution is 2.09. The molecule has 0 unspecified atom stereocenters. The highest BCUT2D eigenvalue weighted by molar-refractivity contribution is 8.14. The molecule has 0 N–H and O–H groups in total. The molecule has 0 saturated heterocycles. The van der Waals surface area contributed by atoms with Gasteiger partial charge in [0.2, 0.25) is 9.05 Å². The van der Waals surface area contributed by atoms with Crippen LogP contribution in [-0.2, 0) is 18.9 Å². The first-order chi connectivity index (χ1) is 7.21. The molecule has 0 radical (unpaired) electrons. The number of aromatic nitrogens is 1. The summed E-state index contributed by atoms with van der Waals surface area (Å²) in [5.74, 6) is -2.07. The zero-order valence-corrected chi connectivity index (χ0v) is 10.2. The Kier molecular flexibility index (Phi) is 3.87. The normalized spacial score (nSPS) is 12.6. The molecule has 5 nitrogen and oxygen atoms in total. The summed E-state index contributed by atoms with van der Waals surface area (Å²) in [6.07, 6.45) is 0.738. The molecule has 0 aliphatic rings. The topological polar surface area (TPSA) is 81.2 Å². The van der Waals surface area contributed by atoms with Crippen LogP contribution in [0.15, 0.2) is 23.4 Å². The van der Waals surface area contributed by atoms with E-state index < -0.39 is 36.2 Å². The van der Waals surface area contributed by atoms with Gasteiger partial charge in [-0.05, 0) is 12.1 Å². The van der Waals surface area contributed by atoms with E-state index in [2.05, 4.69) is 4.98 Å². The minimum atomic E-state index is -3.88. The van der Waals surface area contributed by atoms with Crippen molar-refractivity contribution in [3.05, 3.63) is 24.1 Å². The van der Waals surface area contributed by atoms with Crippen molar-refractivity contribution in [2.45, 2.75) is 5.03 Å². The maximum Gasteiger partial charge on any atom is 0.233 e. The second-order valence-corrected chi connectivity index (χ2v) is 7.83. The minimum Gasteiger partial charge on any atom is -0.242 e. The fourth-order valence-electron chi connectivity index (χ4n) is 0.860. The summed E-state index contributed by atoms with van der Waals surface area (Å²) in [6, 6.07) is 1.89. The van der Waals surface area contributed by atoms with Gasteiger partial charge in [-0.25, -0.2) is 26.2 Å². The molecule has 0 spiro atoms. The molecule has 0 fully saturated rings. The zero-order valence-electron chi connectivity index (χ0n) is 7.80. The Labute approximate surface area is 96.6 Å². The molecule has 1 aromatic heterocycles. The molecule has 0 bridgehead atoms. The summed E-state index contributed by atoms with van der Waals surface area (Å²) < 4.78 is 56.6. The van der Waals surface area contributed by atoms with E-state index >= 15 is 0 Å². The highest BCUT2D eigenvalue weighted by Gasteiger charge is 2.19. The van der Waals surface area contributed by atoms with E-state index in [1.807, 2.05) is 0 Å². The van der Waals surface area contributed by atoms with Crippen molar-refractivity contribution in [2.75, 3.05) is 11.5 Å². The number of hydrogen-bond acceptors (Lipinski definition) is 5. The van der Waals surface area contributed by atoms with E-state index in [9.17, 15) is 21.2 Å². The van der Waals surface area contributed by atoms with Crippen molar-refractivity contribution < 1.29 is 21.2 Å². The summed E-state index contributed by atoms with van der Waals surface area (Å²) in [6.45, 7) is 0. The summed E-state index contributed by atoms with van der Waals surface area (Å²) >= 11 is 0. The van der Waals surface area contributed by atoms with E-state index in [1.165, 1.54) is 0 Å². The van der Waals surface area contributed by atoms with Gasteiger partial charge in [0, 0.05) is 10.7 Å². The van der Waals surface area contributed by atoms with Gasteiger partial charge in [0.05, 0.1) is 17.7 Å². The Morgan fingerprint density at radius 3 is 2.25 bits per heavy atom. The van der Waals surface area contributed by atoms with Gasteiger partial charge in [0.15, 0.2) is 14.9 Å². The lowest BCUT2D eigenvalue weighted by atomic mass is 10.5. The van der Waals surface area contributed by atoms with Crippen LogP contribution in [0.4, 0.5) is 4.39 Å². The van der Waals surface area contributed by atoms with Gasteiger partial charge in [-0.3, -0.25) is 0 Å². The van der Waals surface area contributed by atoms with Crippen LogP contribution in [0, 0.1) is 5.82 Å². The summed E-state index contributed by atoms with van der Waals surface area (Å²) in [5, 5.41) is -0.380. The zero-order chi connectivity index (χ0) is 12.4. The third-order valence-electron chi connectivity index (χ3n) is 1.61. The van der Waals surface area contributed by atoms with Crippen LogP contribution >= 0.6 is 10.7 Å². The fourth-order valence-corrected chi connectivity index (χ4v) is 3.80. The smallest absolute Gasteiger partial charge is 0.233 e. The van der Waals surface area contributed by atoms with Gasteiger partial charge in [-0.1, -0.05) is 0 Å². The van der Waals surface area contributed by atoms with Crippen molar-refractivity contribution in [1.82, 2.24) is 4.98 Å². The monoisotopic (exact) mass is 287 g/mol. The first-order valence-corrected chi connectivity index (χ1v) is 8.10. The molecule has 0 saturated carbocycles. The van der Waals surface area contributed by atoms with Crippen molar-refractivity contribution >= 4 is 29.6 Å². The van der Waals surface area contributed by atoms with Crippen LogP contribution in [0.1, 0.15) is 0 Å². The van der Waals surface area contributed by atoms with E-state index in [0.717, 1.165) is 18.3 Å². The third kappa shape index (κ3) is 4.03. The number of halogens is 2. The average molecular weight is 288 g/mol. The maximum absolute atomic E-state index is 12.5. The molecule has 1 aromatic rings. The van der Waals surface area contributed by atoms with Gasteiger partial charge < -0.3 is 0 Å². The Morgan fingerprint density at radius 2 is 1.81 bits per heavy atom. The van der Waals surface area contributed by atoms with E-state index in [0.29, 0.717) is 0 Å². The Bertz CT molecular complexity index is 567. The van der Waals surface area contributed by atoms with Gasteiger partial charge in [0.25, 0.3) is 0 Å². The molecular weight excluding hydrogens is 281 g/mol. The average Bonchev–Trinajstić information content (AvgIpc) is 2.15. The Hall–Kier alpha value is -0.730. The lowest BCUT2D eigenvalue weighted by molar-refractivity contribution is 0.586. The van der Waals surface area contributed by atoms with E-state index in [4.69, 9.17) is 10.7 Å². The van der Waals surface area contributed by atoms with Crippen molar-refractivity contribution in [2.24, 2.45) is 0 Å². The molecule has 9 heteroatoms. The Balaban J connectivity index is 2.91. The SMILES string of the molecule is O=S(=O)(Cl)CCS(=O)(=O)c1ccc(F)cn1. The molecule has 1 rings (SSSR count). The maximum atomic E-state index is 12.5. The lowest BCUT2D eigenvalue weighted by Crippen LogP contribution is -2.15. The van der Waals surface area contributed by atoms with Crippen LogP contribution < -0.4 is 0 Å². The van der Waals surface area contributed by atoms with Crippen molar-refractivity contribution in [3.63, 3.8) is 0 Å². The molecule has 0 aromatic carbocycles. The van der Waals surface area contributed by atoms with Crippen LogP contribution in [0.2, 0.25) is 0 Å². The van der Waals surface area contributed by atoms with Crippen molar-refractivity contribution in [3.8, 4) is 0 Å². The molecule has 0 aliphatic heterocycles. The quantitative estimate of drug-likeness (QED) is 0.756. The van der Waals surface area contributed by atoms with Crippen LogP contribution in [0.25, 0.3) is 0 Å². The molecule has 0 atom stereocenters. The molecule has 1 heterocycles. The standard InChI is InChI=1S/C7H7ClFNO4S2/c8-16(13,14)4-3-15(11,12)7-2-1-6(9)5-10-7/h1-2,5H,3-4H2. The fraction of sp³-hybridized carbons (Fsp3) is 0.286. The van der Waals surface area contributed by atoms with Gasteiger partial charge >= 0.3 is 0 Å². The van der Waals surface area contributed by atoms with E-state index in [-0.39, 0.29) is 5.03 Å². The lowest BCUT2D eigenvalue weighted by Gasteiger charge is -2.01. The second kappa shape index (κ2) is 4.64. The number of rotatable bonds is 4. The largest absolute Gasteiger partial charge is 0.242 e. The minimum absolute atomic E-state index is 0.380. The molecule has 16 heavy (non-hydrogen) atoms. The van der Waals surface area contributed by atoms with Gasteiger partial charge in [0.1, 0.15) is 5.82 Å². The predicted octanol–water partition coefficient (Wildman–Crippen LogP) is 0.563. The second-order valence-electron chi connectivity index (χ2n) is 2.88. The molecular formula is C7H7ClFNO4S2. The van der Waals surface area contributed by atoms with Gasteiger partial charge in [-0.15, -0.1) is 0 Å². The van der Waals surface area contributed by atoms with Crippen LogP contribution in [0.3, 0.4) is 0 Å².